The standard InChI is InChI=1S/C10H11F2NO4/c1-3-17-9(16)7-5(14)4-6(10(2,11)12)13-8(7)15/h4H,3H2,1-2H3,(H2,13,14,15). The van der Waals surface area contributed by atoms with E-state index in [1.54, 1.807) is 0 Å². The topological polar surface area (TPSA) is 79.4 Å². The van der Waals surface area contributed by atoms with Crippen molar-refractivity contribution >= 4 is 5.97 Å². The number of carbonyl (C=O) groups excluding carboxylic acids is 1. The third-order valence-electron chi connectivity index (χ3n) is 1.96. The third kappa shape index (κ3) is 2.80. The molecule has 0 unspecified atom stereocenters. The number of H-pyrrole nitrogens is 1. The summed E-state index contributed by atoms with van der Waals surface area (Å²) in [4.78, 5) is 24.5. The van der Waals surface area contributed by atoms with Crippen LogP contribution in [-0.2, 0) is 10.7 Å². The van der Waals surface area contributed by atoms with E-state index < -0.39 is 34.5 Å². The van der Waals surface area contributed by atoms with Gasteiger partial charge in [-0.15, -0.1) is 0 Å². The van der Waals surface area contributed by atoms with Gasteiger partial charge in [0.15, 0.2) is 5.56 Å². The summed E-state index contributed by atoms with van der Waals surface area (Å²) in [6.07, 6.45) is 0. The third-order valence-corrected chi connectivity index (χ3v) is 1.96. The number of esters is 1. The predicted octanol–water partition coefficient (Wildman–Crippen LogP) is 1.37. The van der Waals surface area contributed by atoms with E-state index in [0.717, 1.165) is 0 Å². The minimum Gasteiger partial charge on any atom is -0.507 e. The number of carbonyl (C=O) groups is 1. The van der Waals surface area contributed by atoms with Crippen molar-refractivity contribution in [3.63, 3.8) is 0 Å². The average molecular weight is 247 g/mol. The highest BCUT2D eigenvalue weighted by molar-refractivity contribution is 5.91. The van der Waals surface area contributed by atoms with Crippen molar-refractivity contribution in [1.82, 2.24) is 4.98 Å². The second-order valence-corrected chi connectivity index (χ2v) is 3.38. The summed E-state index contributed by atoms with van der Waals surface area (Å²) in [5, 5.41) is 9.38. The molecule has 0 bridgehead atoms. The summed E-state index contributed by atoms with van der Waals surface area (Å²) in [6, 6.07) is 0.633. The highest BCUT2D eigenvalue weighted by Gasteiger charge is 2.29. The number of halogens is 2. The zero-order valence-electron chi connectivity index (χ0n) is 9.21. The van der Waals surface area contributed by atoms with Crippen molar-refractivity contribution in [3.8, 4) is 5.75 Å². The van der Waals surface area contributed by atoms with E-state index in [2.05, 4.69) is 4.74 Å². The molecule has 0 aliphatic heterocycles. The molecule has 1 aromatic rings. The lowest BCUT2D eigenvalue weighted by Crippen LogP contribution is -2.24. The summed E-state index contributed by atoms with van der Waals surface area (Å²) in [6.45, 7) is 2.07. The van der Waals surface area contributed by atoms with Gasteiger partial charge >= 0.3 is 5.97 Å². The summed E-state index contributed by atoms with van der Waals surface area (Å²) in [5.41, 5.74) is -2.56. The van der Waals surface area contributed by atoms with Gasteiger partial charge in [0.25, 0.3) is 11.5 Å². The van der Waals surface area contributed by atoms with E-state index in [9.17, 15) is 23.5 Å². The van der Waals surface area contributed by atoms with Crippen molar-refractivity contribution in [3.05, 3.63) is 27.7 Å². The van der Waals surface area contributed by atoms with Gasteiger partial charge in [-0.3, -0.25) is 4.79 Å². The Bertz CT molecular complexity index is 490. The fourth-order valence-electron chi connectivity index (χ4n) is 1.18. The first-order valence-electron chi connectivity index (χ1n) is 4.79. The molecule has 0 radical (unpaired) electrons. The van der Waals surface area contributed by atoms with Gasteiger partial charge in [0, 0.05) is 13.0 Å². The molecule has 17 heavy (non-hydrogen) atoms. The van der Waals surface area contributed by atoms with E-state index in [-0.39, 0.29) is 6.61 Å². The molecule has 1 heterocycles. The second kappa shape index (κ2) is 4.52. The van der Waals surface area contributed by atoms with Gasteiger partial charge in [0.1, 0.15) is 5.75 Å². The largest absolute Gasteiger partial charge is 0.507 e. The number of nitrogens with one attached hydrogen (secondary N) is 1. The Kier molecular flexibility index (Phi) is 3.50. The predicted molar refractivity (Wildman–Crippen MR) is 54.3 cm³/mol. The maximum absolute atomic E-state index is 12.9. The normalized spacial score (nSPS) is 11.3. The molecule has 7 heteroatoms. The Morgan fingerprint density at radius 2 is 2.18 bits per heavy atom. The van der Waals surface area contributed by atoms with Crippen molar-refractivity contribution in [2.75, 3.05) is 6.61 Å². The molecule has 0 atom stereocenters. The molecule has 0 aliphatic carbocycles. The number of hydrogen-bond acceptors (Lipinski definition) is 4. The minimum atomic E-state index is -3.32. The first-order valence-corrected chi connectivity index (χ1v) is 4.79. The first-order chi connectivity index (χ1) is 7.77. The molecule has 1 aromatic heterocycles. The quantitative estimate of drug-likeness (QED) is 0.790. The van der Waals surface area contributed by atoms with E-state index in [4.69, 9.17) is 0 Å². The van der Waals surface area contributed by atoms with Crippen LogP contribution in [0.1, 0.15) is 29.9 Å². The molecule has 0 saturated heterocycles. The molecule has 0 fully saturated rings. The van der Waals surface area contributed by atoms with Gasteiger partial charge in [0.05, 0.1) is 12.3 Å². The van der Waals surface area contributed by atoms with Crippen LogP contribution in [0.4, 0.5) is 8.78 Å². The van der Waals surface area contributed by atoms with E-state index in [1.165, 1.54) is 6.92 Å². The summed E-state index contributed by atoms with van der Waals surface area (Å²) < 4.78 is 30.3. The number of rotatable bonds is 3. The SMILES string of the molecule is CCOC(=O)c1c(O)cc(C(C)(F)F)[nH]c1=O. The highest BCUT2D eigenvalue weighted by atomic mass is 19.3. The molecular formula is C10H11F2NO4. The van der Waals surface area contributed by atoms with Crippen LogP contribution in [0.3, 0.4) is 0 Å². The van der Waals surface area contributed by atoms with E-state index in [0.29, 0.717) is 13.0 Å². The second-order valence-electron chi connectivity index (χ2n) is 3.38. The molecule has 0 saturated carbocycles. The Balaban J connectivity index is 3.30. The van der Waals surface area contributed by atoms with Gasteiger partial charge in [-0.25, -0.2) is 13.6 Å². The number of ether oxygens (including phenoxy) is 1. The van der Waals surface area contributed by atoms with Gasteiger partial charge in [-0.05, 0) is 6.92 Å². The van der Waals surface area contributed by atoms with Crippen molar-refractivity contribution in [1.29, 1.82) is 0 Å². The zero-order chi connectivity index (χ0) is 13.2. The monoisotopic (exact) mass is 247 g/mol. The molecule has 0 aromatic carbocycles. The fourth-order valence-corrected chi connectivity index (χ4v) is 1.18. The minimum absolute atomic E-state index is 0.00338. The number of aromatic amines is 1. The van der Waals surface area contributed by atoms with Crippen LogP contribution in [0.25, 0.3) is 0 Å². The van der Waals surface area contributed by atoms with Gasteiger partial charge < -0.3 is 14.8 Å². The molecular weight excluding hydrogens is 236 g/mol. The van der Waals surface area contributed by atoms with E-state index >= 15 is 0 Å². The lowest BCUT2D eigenvalue weighted by molar-refractivity contribution is 0.0120. The number of pyridine rings is 1. The van der Waals surface area contributed by atoms with Crippen LogP contribution in [0.2, 0.25) is 0 Å². The number of hydrogen-bond donors (Lipinski definition) is 2. The molecule has 0 aliphatic rings. The van der Waals surface area contributed by atoms with Gasteiger partial charge in [-0.2, -0.15) is 0 Å². The molecule has 94 valence electrons. The highest BCUT2D eigenvalue weighted by Crippen LogP contribution is 2.27. The number of aromatic hydroxyl groups is 1. The molecule has 0 amide bonds. The number of aromatic nitrogens is 1. The Labute approximate surface area is 95.0 Å². The lowest BCUT2D eigenvalue weighted by Gasteiger charge is -2.11. The van der Waals surface area contributed by atoms with Crippen LogP contribution in [0, 0.1) is 0 Å². The number of alkyl halides is 2. The maximum Gasteiger partial charge on any atom is 0.347 e. The van der Waals surface area contributed by atoms with Gasteiger partial charge in [0.2, 0.25) is 0 Å². The van der Waals surface area contributed by atoms with Gasteiger partial charge in [-0.1, -0.05) is 0 Å². The fraction of sp³-hybridized carbons (Fsp3) is 0.400. The Hall–Kier alpha value is -1.92. The molecule has 5 nitrogen and oxygen atoms in total. The van der Waals surface area contributed by atoms with Crippen molar-refractivity contribution in [2.45, 2.75) is 19.8 Å². The van der Waals surface area contributed by atoms with Crippen LogP contribution in [0.5, 0.6) is 5.75 Å². The van der Waals surface area contributed by atoms with Crippen molar-refractivity contribution < 1.29 is 23.4 Å². The van der Waals surface area contributed by atoms with E-state index in [1.807, 2.05) is 4.98 Å². The lowest BCUT2D eigenvalue weighted by atomic mass is 10.2. The summed E-state index contributed by atoms with van der Waals surface area (Å²) in [5.74, 6) is -5.20. The Morgan fingerprint density at radius 1 is 1.59 bits per heavy atom. The van der Waals surface area contributed by atoms with Crippen LogP contribution in [-0.4, -0.2) is 22.7 Å². The molecule has 1 rings (SSSR count). The molecule has 2 N–H and O–H groups in total. The van der Waals surface area contributed by atoms with Crippen molar-refractivity contribution in [2.24, 2.45) is 0 Å². The summed E-state index contributed by atoms with van der Waals surface area (Å²) >= 11 is 0. The first kappa shape index (κ1) is 13.1. The average Bonchev–Trinajstić information content (AvgIpc) is 2.15. The zero-order valence-corrected chi connectivity index (χ0v) is 9.21. The van der Waals surface area contributed by atoms with Crippen LogP contribution >= 0.6 is 0 Å². The molecule has 0 spiro atoms. The van der Waals surface area contributed by atoms with Crippen LogP contribution in [0.15, 0.2) is 10.9 Å². The summed E-state index contributed by atoms with van der Waals surface area (Å²) in [7, 11) is 0. The smallest absolute Gasteiger partial charge is 0.347 e. The Morgan fingerprint density at radius 3 is 2.59 bits per heavy atom. The van der Waals surface area contributed by atoms with Crippen LogP contribution < -0.4 is 5.56 Å². The maximum atomic E-state index is 12.9.